The van der Waals surface area contributed by atoms with Crippen LogP contribution in [0.15, 0.2) is 18.2 Å². The Balaban J connectivity index is 2.00. The van der Waals surface area contributed by atoms with Gasteiger partial charge in [-0.15, -0.1) is 0 Å². The summed E-state index contributed by atoms with van der Waals surface area (Å²) in [4.78, 5) is 24.2. The molecule has 7 heteroatoms. The largest absolute Gasteiger partial charge is 0.493 e. The third-order valence-corrected chi connectivity index (χ3v) is 4.34. The Morgan fingerprint density at radius 1 is 1.31 bits per heavy atom. The van der Waals surface area contributed by atoms with E-state index in [1.807, 2.05) is 13.8 Å². The van der Waals surface area contributed by atoms with Crippen LogP contribution in [0.5, 0.6) is 11.5 Å². The Kier molecular flexibility index (Phi) is 7.26. The molecular weight excluding hydrogens is 334 g/mol. The van der Waals surface area contributed by atoms with E-state index in [1.165, 1.54) is 7.11 Å². The van der Waals surface area contributed by atoms with Gasteiger partial charge in [0.05, 0.1) is 7.11 Å². The first-order valence-electron chi connectivity index (χ1n) is 9.02. The second-order valence-electron chi connectivity index (χ2n) is 6.93. The quantitative estimate of drug-likeness (QED) is 0.680. The fourth-order valence-corrected chi connectivity index (χ4v) is 2.92. The van der Waals surface area contributed by atoms with Crippen molar-refractivity contribution in [2.75, 3.05) is 26.8 Å². The predicted octanol–water partition coefficient (Wildman–Crippen LogP) is 1.33. The molecule has 0 saturated carbocycles. The van der Waals surface area contributed by atoms with Gasteiger partial charge >= 0.3 is 0 Å². The summed E-state index contributed by atoms with van der Waals surface area (Å²) in [5, 5.41) is 9.16. The minimum atomic E-state index is -0.205. The molecule has 0 aromatic heterocycles. The van der Waals surface area contributed by atoms with Crippen LogP contribution < -0.4 is 25.4 Å². The highest BCUT2D eigenvalue weighted by atomic mass is 16.5. The maximum atomic E-state index is 12.5. The maximum Gasteiger partial charge on any atom is 0.258 e. The molecule has 26 heavy (non-hydrogen) atoms. The van der Waals surface area contributed by atoms with Crippen molar-refractivity contribution in [3.63, 3.8) is 0 Å². The number of carbonyl (C=O) groups is 2. The Hall–Kier alpha value is -2.28. The molecule has 1 aromatic rings. The van der Waals surface area contributed by atoms with E-state index in [9.17, 15) is 9.59 Å². The number of benzene rings is 1. The van der Waals surface area contributed by atoms with E-state index < -0.39 is 0 Å². The van der Waals surface area contributed by atoms with Crippen molar-refractivity contribution in [2.24, 2.45) is 5.92 Å². The number of hydrogen-bond acceptors (Lipinski definition) is 5. The fraction of sp³-hybridized carbons (Fsp3) is 0.579. The second-order valence-corrected chi connectivity index (χ2v) is 6.93. The lowest BCUT2D eigenvalue weighted by Gasteiger charge is -2.30. The number of amides is 2. The first kappa shape index (κ1) is 20.0. The lowest BCUT2D eigenvalue weighted by Crippen LogP contribution is -2.48. The zero-order chi connectivity index (χ0) is 19.1. The van der Waals surface area contributed by atoms with Gasteiger partial charge in [-0.2, -0.15) is 0 Å². The third kappa shape index (κ3) is 5.62. The molecule has 2 unspecified atom stereocenters. The topological polar surface area (TPSA) is 88.7 Å². The van der Waals surface area contributed by atoms with Crippen molar-refractivity contribution in [3.05, 3.63) is 23.8 Å². The van der Waals surface area contributed by atoms with Gasteiger partial charge in [-0.1, -0.05) is 6.92 Å². The number of ether oxygens (including phenoxy) is 2. The van der Waals surface area contributed by atoms with E-state index in [0.717, 1.165) is 19.5 Å². The van der Waals surface area contributed by atoms with Gasteiger partial charge in [0.1, 0.15) is 0 Å². The monoisotopic (exact) mass is 363 g/mol. The van der Waals surface area contributed by atoms with Crippen molar-refractivity contribution in [1.82, 2.24) is 16.0 Å². The van der Waals surface area contributed by atoms with Crippen molar-refractivity contribution in [3.8, 4) is 11.5 Å². The molecule has 0 aliphatic carbocycles. The van der Waals surface area contributed by atoms with E-state index >= 15 is 0 Å². The van der Waals surface area contributed by atoms with Crippen LogP contribution in [0.2, 0.25) is 0 Å². The molecule has 3 N–H and O–H groups in total. The van der Waals surface area contributed by atoms with Crippen LogP contribution in [-0.4, -0.2) is 50.7 Å². The zero-order valence-electron chi connectivity index (χ0n) is 15.9. The van der Waals surface area contributed by atoms with Crippen LogP contribution in [0.25, 0.3) is 0 Å². The smallest absolute Gasteiger partial charge is 0.258 e. The van der Waals surface area contributed by atoms with Crippen LogP contribution >= 0.6 is 0 Å². The van der Waals surface area contributed by atoms with Crippen LogP contribution in [-0.2, 0) is 4.79 Å². The molecule has 1 fully saturated rings. The SMILES string of the molecule is COc1cc(C(=O)NC2CCNCC2C)ccc1OCC(=O)NC(C)C. The van der Waals surface area contributed by atoms with Crippen molar-refractivity contribution in [2.45, 2.75) is 39.3 Å². The summed E-state index contributed by atoms with van der Waals surface area (Å²) in [6, 6.07) is 5.18. The van der Waals surface area contributed by atoms with E-state index in [1.54, 1.807) is 18.2 Å². The number of carbonyl (C=O) groups excluding carboxylic acids is 2. The maximum absolute atomic E-state index is 12.5. The Morgan fingerprint density at radius 3 is 2.73 bits per heavy atom. The summed E-state index contributed by atoms with van der Waals surface area (Å²) < 4.78 is 10.8. The molecule has 2 rings (SSSR count). The van der Waals surface area contributed by atoms with Crippen LogP contribution in [0.4, 0.5) is 0 Å². The van der Waals surface area contributed by atoms with Crippen molar-refractivity contribution >= 4 is 11.8 Å². The average Bonchev–Trinajstić information content (AvgIpc) is 2.61. The zero-order valence-corrected chi connectivity index (χ0v) is 15.9. The number of hydrogen-bond donors (Lipinski definition) is 3. The van der Waals surface area contributed by atoms with Gasteiger partial charge in [-0.05, 0) is 57.5 Å². The van der Waals surface area contributed by atoms with Gasteiger partial charge in [0.15, 0.2) is 18.1 Å². The van der Waals surface area contributed by atoms with Gasteiger partial charge < -0.3 is 25.4 Å². The first-order valence-corrected chi connectivity index (χ1v) is 9.02. The van der Waals surface area contributed by atoms with Crippen LogP contribution in [0, 0.1) is 5.92 Å². The standard InChI is InChI=1S/C19H29N3O4/c1-12(2)21-18(23)11-26-16-6-5-14(9-17(16)25-4)19(24)22-15-7-8-20-10-13(15)3/h5-6,9,12-13,15,20H,7-8,10-11H2,1-4H3,(H,21,23)(H,22,24). The highest BCUT2D eigenvalue weighted by molar-refractivity contribution is 5.95. The van der Waals surface area contributed by atoms with Gasteiger partial charge in [0, 0.05) is 17.6 Å². The second kappa shape index (κ2) is 9.43. The first-order chi connectivity index (χ1) is 12.4. The van der Waals surface area contributed by atoms with Gasteiger partial charge in [-0.25, -0.2) is 0 Å². The Morgan fingerprint density at radius 2 is 2.08 bits per heavy atom. The normalized spacial score (nSPS) is 19.7. The molecule has 0 radical (unpaired) electrons. The number of piperidine rings is 1. The summed E-state index contributed by atoms with van der Waals surface area (Å²) in [5.74, 6) is 0.901. The molecule has 2 amide bonds. The summed E-state index contributed by atoms with van der Waals surface area (Å²) in [6.45, 7) is 7.59. The van der Waals surface area contributed by atoms with E-state index in [2.05, 4.69) is 22.9 Å². The lowest BCUT2D eigenvalue weighted by molar-refractivity contribution is -0.123. The average molecular weight is 363 g/mol. The molecule has 7 nitrogen and oxygen atoms in total. The van der Waals surface area contributed by atoms with E-state index in [-0.39, 0.29) is 30.5 Å². The van der Waals surface area contributed by atoms with E-state index in [4.69, 9.17) is 9.47 Å². The summed E-state index contributed by atoms with van der Waals surface area (Å²) in [6.07, 6.45) is 0.913. The van der Waals surface area contributed by atoms with Crippen LogP contribution in [0.3, 0.4) is 0 Å². The molecule has 1 aromatic carbocycles. The van der Waals surface area contributed by atoms with Gasteiger partial charge in [0.25, 0.3) is 11.8 Å². The Bertz CT molecular complexity index is 633. The molecule has 2 atom stereocenters. The van der Waals surface area contributed by atoms with Gasteiger partial charge in [0.2, 0.25) is 0 Å². The van der Waals surface area contributed by atoms with Crippen molar-refractivity contribution in [1.29, 1.82) is 0 Å². The molecule has 1 saturated heterocycles. The lowest BCUT2D eigenvalue weighted by atomic mass is 9.95. The number of nitrogens with one attached hydrogen (secondary N) is 3. The molecule has 0 bridgehead atoms. The Labute approximate surface area is 154 Å². The molecule has 1 heterocycles. The number of methoxy groups -OCH3 is 1. The molecule has 0 spiro atoms. The highest BCUT2D eigenvalue weighted by Crippen LogP contribution is 2.28. The predicted molar refractivity (Wildman–Crippen MR) is 99.7 cm³/mol. The van der Waals surface area contributed by atoms with Gasteiger partial charge in [-0.3, -0.25) is 9.59 Å². The van der Waals surface area contributed by atoms with Crippen molar-refractivity contribution < 1.29 is 19.1 Å². The van der Waals surface area contributed by atoms with Crippen LogP contribution in [0.1, 0.15) is 37.6 Å². The minimum Gasteiger partial charge on any atom is -0.493 e. The molecular formula is C19H29N3O4. The highest BCUT2D eigenvalue weighted by Gasteiger charge is 2.23. The summed E-state index contributed by atoms with van der Waals surface area (Å²) >= 11 is 0. The fourth-order valence-electron chi connectivity index (χ4n) is 2.92. The number of rotatable bonds is 7. The molecule has 1 aliphatic rings. The molecule has 1 aliphatic heterocycles. The third-order valence-electron chi connectivity index (χ3n) is 4.34. The molecule has 144 valence electrons. The van der Waals surface area contributed by atoms with E-state index in [0.29, 0.717) is 23.0 Å². The minimum absolute atomic E-state index is 0.0523. The summed E-state index contributed by atoms with van der Waals surface area (Å²) in [7, 11) is 1.51. The summed E-state index contributed by atoms with van der Waals surface area (Å²) in [5.41, 5.74) is 0.506.